The minimum Gasteiger partial charge on any atom is -0.487 e. The Morgan fingerprint density at radius 2 is 2.21 bits per heavy atom. The van der Waals surface area contributed by atoms with Crippen molar-refractivity contribution in [3.63, 3.8) is 0 Å². The second kappa shape index (κ2) is 6.36. The topological polar surface area (TPSA) is 51.1 Å². The van der Waals surface area contributed by atoms with E-state index in [9.17, 15) is 0 Å². The van der Waals surface area contributed by atoms with Gasteiger partial charge in [-0.05, 0) is 44.4 Å². The summed E-state index contributed by atoms with van der Waals surface area (Å²) in [5.74, 6) is 1.88. The lowest BCUT2D eigenvalue weighted by molar-refractivity contribution is 0.178. The molecule has 1 saturated heterocycles. The Morgan fingerprint density at radius 1 is 1.29 bits per heavy atom. The van der Waals surface area contributed by atoms with E-state index in [1.165, 1.54) is 15.8 Å². The molecule has 1 unspecified atom stereocenters. The van der Waals surface area contributed by atoms with Crippen LogP contribution in [0.25, 0.3) is 10.2 Å². The highest BCUT2D eigenvalue weighted by atomic mass is 32.1. The Morgan fingerprint density at radius 3 is 3.04 bits per heavy atom. The Kier molecular flexibility index (Phi) is 4.06. The van der Waals surface area contributed by atoms with E-state index in [0.29, 0.717) is 0 Å². The Balaban J connectivity index is 1.60. The van der Waals surface area contributed by atoms with E-state index < -0.39 is 0 Å². The average Bonchev–Trinajstić information content (AvgIpc) is 2.91. The molecule has 3 aromatic heterocycles. The van der Waals surface area contributed by atoms with Crippen LogP contribution in [0, 0.1) is 13.8 Å². The van der Waals surface area contributed by atoms with Crippen LogP contribution in [0.3, 0.4) is 0 Å². The molecule has 1 fully saturated rings. The number of fused-ring (bicyclic) bond motifs is 1. The average molecular weight is 340 g/mol. The van der Waals surface area contributed by atoms with Gasteiger partial charge in [0.1, 0.15) is 28.8 Å². The van der Waals surface area contributed by atoms with E-state index in [1.807, 2.05) is 12.1 Å². The van der Waals surface area contributed by atoms with E-state index in [-0.39, 0.29) is 6.10 Å². The molecule has 0 N–H and O–H groups in total. The van der Waals surface area contributed by atoms with Gasteiger partial charge in [-0.25, -0.2) is 9.97 Å². The van der Waals surface area contributed by atoms with Crippen molar-refractivity contribution >= 4 is 27.4 Å². The number of pyridine rings is 1. The number of piperidine rings is 1. The van der Waals surface area contributed by atoms with Crippen molar-refractivity contribution in [1.82, 2.24) is 15.0 Å². The molecule has 0 aromatic carbocycles. The van der Waals surface area contributed by atoms with E-state index in [1.54, 1.807) is 30.1 Å². The third-order valence-electron chi connectivity index (χ3n) is 4.56. The van der Waals surface area contributed by atoms with Gasteiger partial charge in [0, 0.05) is 17.6 Å². The summed E-state index contributed by atoms with van der Waals surface area (Å²) in [6, 6.07) is 3.86. The molecule has 0 spiro atoms. The fourth-order valence-corrected chi connectivity index (χ4v) is 4.23. The maximum absolute atomic E-state index is 6.11. The molecule has 4 rings (SSSR count). The van der Waals surface area contributed by atoms with Crippen molar-refractivity contribution in [3.8, 4) is 5.75 Å². The Labute approximate surface area is 145 Å². The van der Waals surface area contributed by atoms with Crippen molar-refractivity contribution < 1.29 is 4.74 Å². The molecule has 4 heterocycles. The third-order valence-corrected chi connectivity index (χ3v) is 5.68. The van der Waals surface area contributed by atoms with Crippen LogP contribution in [0.15, 0.2) is 30.9 Å². The fraction of sp³-hybridized carbons (Fsp3) is 0.389. The van der Waals surface area contributed by atoms with Crippen LogP contribution in [0.5, 0.6) is 5.75 Å². The number of anilines is 1. The smallest absolute Gasteiger partial charge is 0.141 e. The molecule has 6 heteroatoms. The molecule has 0 amide bonds. The summed E-state index contributed by atoms with van der Waals surface area (Å²) >= 11 is 1.74. The van der Waals surface area contributed by atoms with E-state index in [0.717, 1.165) is 42.3 Å². The highest BCUT2D eigenvalue weighted by molar-refractivity contribution is 7.18. The molecular weight excluding hydrogens is 320 g/mol. The number of nitrogens with zero attached hydrogens (tertiary/aromatic N) is 4. The van der Waals surface area contributed by atoms with Gasteiger partial charge in [-0.1, -0.05) is 0 Å². The first-order valence-electron chi connectivity index (χ1n) is 8.24. The minimum atomic E-state index is 0.160. The molecule has 0 radical (unpaired) electrons. The predicted molar refractivity (Wildman–Crippen MR) is 97.0 cm³/mol. The van der Waals surface area contributed by atoms with Crippen molar-refractivity contribution in [2.45, 2.75) is 32.8 Å². The molecule has 1 aliphatic heterocycles. The lowest BCUT2D eigenvalue weighted by atomic mass is 10.1. The molecule has 124 valence electrons. The first kappa shape index (κ1) is 15.3. The van der Waals surface area contributed by atoms with Crippen molar-refractivity contribution in [3.05, 3.63) is 41.3 Å². The summed E-state index contributed by atoms with van der Waals surface area (Å²) in [5.41, 5.74) is 1.29. The molecule has 1 atom stereocenters. The molecule has 24 heavy (non-hydrogen) atoms. The van der Waals surface area contributed by atoms with Crippen molar-refractivity contribution in [2.24, 2.45) is 0 Å². The highest BCUT2D eigenvalue weighted by Crippen LogP contribution is 2.35. The van der Waals surface area contributed by atoms with Gasteiger partial charge < -0.3 is 9.64 Å². The van der Waals surface area contributed by atoms with Gasteiger partial charge in [0.25, 0.3) is 0 Å². The number of aryl methyl sites for hydroxylation is 2. The summed E-state index contributed by atoms with van der Waals surface area (Å²) in [7, 11) is 0. The van der Waals surface area contributed by atoms with Gasteiger partial charge >= 0.3 is 0 Å². The number of thiophene rings is 1. The molecule has 0 saturated carbocycles. The number of hydrogen-bond acceptors (Lipinski definition) is 6. The second-order valence-corrected chi connectivity index (χ2v) is 7.38. The first-order valence-corrected chi connectivity index (χ1v) is 9.06. The van der Waals surface area contributed by atoms with Gasteiger partial charge in [-0.3, -0.25) is 4.98 Å². The normalized spacial score (nSPS) is 18.1. The van der Waals surface area contributed by atoms with Gasteiger partial charge in [-0.2, -0.15) is 0 Å². The fourth-order valence-electron chi connectivity index (χ4n) is 3.24. The summed E-state index contributed by atoms with van der Waals surface area (Å²) in [6.45, 7) is 6.16. The van der Waals surface area contributed by atoms with E-state index in [2.05, 4.69) is 33.7 Å². The summed E-state index contributed by atoms with van der Waals surface area (Å²) in [6.07, 6.45) is 7.53. The van der Waals surface area contributed by atoms with Crippen LogP contribution >= 0.6 is 11.3 Å². The SMILES string of the molecule is Cc1sc2ncnc(N3CCCC(Oc4cccnc4)C3)c2c1C. The summed E-state index contributed by atoms with van der Waals surface area (Å²) in [5, 5.41) is 1.20. The number of hydrogen-bond donors (Lipinski definition) is 0. The maximum Gasteiger partial charge on any atom is 0.141 e. The van der Waals surface area contributed by atoms with Gasteiger partial charge in [0.05, 0.1) is 18.1 Å². The summed E-state index contributed by atoms with van der Waals surface area (Å²) in [4.78, 5) is 17.9. The van der Waals surface area contributed by atoms with Crippen molar-refractivity contribution in [2.75, 3.05) is 18.0 Å². The number of ether oxygens (including phenoxy) is 1. The van der Waals surface area contributed by atoms with Gasteiger partial charge in [0.15, 0.2) is 0 Å². The first-order chi connectivity index (χ1) is 11.7. The summed E-state index contributed by atoms with van der Waals surface area (Å²) < 4.78 is 6.11. The van der Waals surface area contributed by atoms with Crippen LogP contribution in [0.4, 0.5) is 5.82 Å². The lowest BCUT2D eigenvalue weighted by Gasteiger charge is -2.34. The molecule has 0 aliphatic carbocycles. The molecular formula is C18H20N4OS. The third kappa shape index (κ3) is 2.82. The Hall–Kier alpha value is -2.21. The monoisotopic (exact) mass is 340 g/mol. The minimum absolute atomic E-state index is 0.160. The molecule has 5 nitrogen and oxygen atoms in total. The van der Waals surface area contributed by atoms with E-state index in [4.69, 9.17) is 4.74 Å². The van der Waals surface area contributed by atoms with Crippen LogP contribution in [-0.2, 0) is 0 Å². The van der Waals surface area contributed by atoms with Gasteiger partial charge in [-0.15, -0.1) is 11.3 Å². The van der Waals surface area contributed by atoms with E-state index >= 15 is 0 Å². The van der Waals surface area contributed by atoms with Crippen LogP contribution in [-0.4, -0.2) is 34.1 Å². The lowest BCUT2D eigenvalue weighted by Crippen LogP contribution is -2.41. The van der Waals surface area contributed by atoms with Crippen molar-refractivity contribution in [1.29, 1.82) is 0 Å². The Bertz CT molecular complexity index is 849. The standard InChI is InChI=1S/C18H20N4OS/c1-12-13(2)24-18-16(12)17(20-11-21-18)22-8-4-6-15(10-22)23-14-5-3-7-19-9-14/h3,5,7,9,11,15H,4,6,8,10H2,1-2H3. The van der Waals surface area contributed by atoms with Crippen LogP contribution in [0.1, 0.15) is 23.3 Å². The number of aromatic nitrogens is 3. The second-order valence-electron chi connectivity index (χ2n) is 6.18. The zero-order valence-electron chi connectivity index (χ0n) is 13.9. The van der Waals surface area contributed by atoms with Crippen LogP contribution < -0.4 is 9.64 Å². The number of rotatable bonds is 3. The zero-order valence-corrected chi connectivity index (χ0v) is 14.7. The maximum atomic E-state index is 6.11. The predicted octanol–water partition coefficient (Wildman–Crippen LogP) is 3.75. The quantitative estimate of drug-likeness (QED) is 0.727. The van der Waals surface area contributed by atoms with Crippen LogP contribution in [0.2, 0.25) is 0 Å². The van der Waals surface area contributed by atoms with Gasteiger partial charge in [0.2, 0.25) is 0 Å². The highest BCUT2D eigenvalue weighted by Gasteiger charge is 2.25. The zero-order chi connectivity index (χ0) is 16.5. The molecule has 3 aromatic rings. The molecule has 1 aliphatic rings. The largest absolute Gasteiger partial charge is 0.487 e. The molecule has 0 bridgehead atoms.